The molecule has 0 N–H and O–H groups in total. The highest BCUT2D eigenvalue weighted by molar-refractivity contribution is 7.11. The Kier molecular flexibility index (Phi) is 1.43. The van der Waals surface area contributed by atoms with E-state index in [0.717, 1.165) is 10.8 Å². The predicted molar refractivity (Wildman–Crippen MR) is 46.5 cm³/mol. The number of benzene rings is 1. The summed E-state index contributed by atoms with van der Waals surface area (Å²) < 4.78 is 13.0. The summed E-state index contributed by atoms with van der Waals surface area (Å²) >= 11 is 1.59. The van der Waals surface area contributed by atoms with E-state index in [0.29, 0.717) is 0 Å². The van der Waals surface area contributed by atoms with Crippen molar-refractivity contribution in [2.45, 2.75) is 6.92 Å². The fourth-order valence-electron chi connectivity index (χ4n) is 1.17. The van der Waals surface area contributed by atoms with E-state index in [4.69, 9.17) is 0 Å². The molecule has 56 valence electrons. The molecule has 11 heavy (non-hydrogen) atoms. The molecule has 0 atom stereocenters. The van der Waals surface area contributed by atoms with Crippen LogP contribution in [-0.4, -0.2) is 0 Å². The molecule has 1 heterocycles. The van der Waals surface area contributed by atoms with Crippen molar-refractivity contribution in [3.8, 4) is 0 Å². The summed E-state index contributed by atoms with van der Waals surface area (Å²) in [6.07, 6.45) is 0. The van der Waals surface area contributed by atoms with Crippen molar-refractivity contribution in [2.24, 2.45) is 0 Å². The van der Waals surface area contributed by atoms with Crippen LogP contribution in [0.3, 0.4) is 0 Å². The molecule has 0 aliphatic carbocycles. The molecule has 0 saturated heterocycles. The standard InChI is InChI=1S/C9H7FS/c1-6-7-3-2-4-9(10)8(7)5-11-6/h2-5H,1H3. The van der Waals surface area contributed by atoms with Gasteiger partial charge in [0.1, 0.15) is 5.82 Å². The van der Waals surface area contributed by atoms with Gasteiger partial charge in [-0.05, 0) is 18.4 Å². The van der Waals surface area contributed by atoms with Crippen molar-refractivity contribution in [1.29, 1.82) is 0 Å². The topological polar surface area (TPSA) is 0 Å². The molecule has 0 saturated carbocycles. The zero-order valence-electron chi connectivity index (χ0n) is 6.10. The van der Waals surface area contributed by atoms with Crippen LogP contribution in [0.1, 0.15) is 4.88 Å². The van der Waals surface area contributed by atoms with E-state index in [-0.39, 0.29) is 5.82 Å². The van der Waals surface area contributed by atoms with E-state index in [9.17, 15) is 4.39 Å². The molecular formula is C9H7FS. The zero-order chi connectivity index (χ0) is 7.84. The normalized spacial score (nSPS) is 10.7. The Hall–Kier alpha value is -0.890. The Labute approximate surface area is 68.3 Å². The lowest BCUT2D eigenvalue weighted by Crippen LogP contribution is -1.72. The molecule has 0 fully saturated rings. The Morgan fingerprint density at radius 2 is 2.09 bits per heavy atom. The summed E-state index contributed by atoms with van der Waals surface area (Å²) in [5.74, 6) is -0.119. The fourth-order valence-corrected chi connectivity index (χ4v) is 2.01. The van der Waals surface area contributed by atoms with Crippen LogP contribution in [0, 0.1) is 12.7 Å². The lowest BCUT2D eigenvalue weighted by atomic mass is 10.2. The Balaban J connectivity index is 2.94. The van der Waals surface area contributed by atoms with Crippen LogP contribution >= 0.6 is 11.3 Å². The molecule has 2 rings (SSSR count). The van der Waals surface area contributed by atoms with Crippen LogP contribution < -0.4 is 0 Å². The molecule has 0 aliphatic heterocycles. The number of rotatable bonds is 0. The van der Waals surface area contributed by atoms with Gasteiger partial charge in [0, 0.05) is 15.6 Å². The SMILES string of the molecule is Cc1scc2c(F)cccc12. The van der Waals surface area contributed by atoms with Crippen molar-refractivity contribution in [3.63, 3.8) is 0 Å². The van der Waals surface area contributed by atoms with E-state index in [1.54, 1.807) is 17.4 Å². The first-order valence-corrected chi connectivity index (χ1v) is 4.29. The lowest BCUT2D eigenvalue weighted by molar-refractivity contribution is 0.640. The van der Waals surface area contributed by atoms with Gasteiger partial charge < -0.3 is 0 Å². The fraction of sp³-hybridized carbons (Fsp3) is 0.111. The minimum Gasteiger partial charge on any atom is -0.206 e. The third kappa shape index (κ3) is 0.942. The van der Waals surface area contributed by atoms with Gasteiger partial charge in [0.15, 0.2) is 0 Å². The van der Waals surface area contributed by atoms with Crippen molar-refractivity contribution in [3.05, 3.63) is 34.3 Å². The van der Waals surface area contributed by atoms with Gasteiger partial charge in [0.25, 0.3) is 0 Å². The van der Waals surface area contributed by atoms with Crippen LogP contribution in [0.15, 0.2) is 23.6 Å². The van der Waals surface area contributed by atoms with Gasteiger partial charge in [-0.1, -0.05) is 12.1 Å². The number of hydrogen-bond donors (Lipinski definition) is 0. The largest absolute Gasteiger partial charge is 0.206 e. The van der Waals surface area contributed by atoms with E-state index in [1.807, 2.05) is 18.4 Å². The zero-order valence-corrected chi connectivity index (χ0v) is 6.91. The average molecular weight is 166 g/mol. The van der Waals surface area contributed by atoms with Gasteiger partial charge in [-0.2, -0.15) is 0 Å². The summed E-state index contributed by atoms with van der Waals surface area (Å²) in [5, 5.41) is 3.64. The van der Waals surface area contributed by atoms with Gasteiger partial charge in [-0.3, -0.25) is 0 Å². The van der Waals surface area contributed by atoms with E-state index in [1.165, 1.54) is 10.9 Å². The molecule has 2 aromatic rings. The average Bonchev–Trinajstić information content (AvgIpc) is 2.35. The monoisotopic (exact) mass is 166 g/mol. The maximum atomic E-state index is 13.0. The molecular weight excluding hydrogens is 159 g/mol. The Morgan fingerprint density at radius 3 is 2.82 bits per heavy atom. The van der Waals surface area contributed by atoms with Gasteiger partial charge >= 0.3 is 0 Å². The molecule has 1 aromatic carbocycles. The minimum atomic E-state index is -0.119. The number of hydrogen-bond acceptors (Lipinski definition) is 1. The molecule has 0 bridgehead atoms. The second-order valence-corrected chi connectivity index (χ2v) is 3.58. The molecule has 0 nitrogen and oxygen atoms in total. The predicted octanol–water partition coefficient (Wildman–Crippen LogP) is 3.35. The van der Waals surface area contributed by atoms with E-state index < -0.39 is 0 Å². The third-order valence-corrected chi connectivity index (χ3v) is 2.71. The van der Waals surface area contributed by atoms with E-state index >= 15 is 0 Å². The second kappa shape index (κ2) is 2.31. The smallest absolute Gasteiger partial charge is 0.131 e. The van der Waals surface area contributed by atoms with Gasteiger partial charge in [-0.25, -0.2) is 4.39 Å². The third-order valence-electron chi connectivity index (χ3n) is 1.79. The second-order valence-electron chi connectivity index (χ2n) is 2.49. The first-order chi connectivity index (χ1) is 5.29. The van der Waals surface area contributed by atoms with Gasteiger partial charge in [0.2, 0.25) is 0 Å². The van der Waals surface area contributed by atoms with Crippen molar-refractivity contribution in [1.82, 2.24) is 0 Å². The van der Waals surface area contributed by atoms with Crippen LogP contribution in [0.5, 0.6) is 0 Å². The van der Waals surface area contributed by atoms with Crippen molar-refractivity contribution < 1.29 is 4.39 Å². The quantitative estimate of drug-likeness (QED) is 0.563. The highest BCUT2D eigenvalue weighted by Crippen LogP contribution is 2.26. The van der Waals surface area contributed by atoms with Crippen LogP contribution in [0.4, 0.5) is 4.39 Å². The van der Waals surface area contributed by atoms with Crippen molar-refractivity contribution >= 4 is 22.1 Å². The molecule has 0 spiro atoms. The van der Waals surface area contributed by atoms with Crippen LogP contribution in [0.25, 0.3) is 10.8 Å². The highest BCUT2D eigenvalue weighted by atomic mass is 32.1. The number of aryl methyl sites for hydroxylation is 1. The molecule has 0 aliphatic rings. The summed E-state index contributed by atoms with van der Waals surface area (Å²) in [7, 11) is 0. The highest BCUT2D eigenvalue weighted by Gasteiger charge is 2.02. The van der Waals surface area contributed by atoms with Crippen LogP contribution in [-0.2, 0) is 0 Å². The van der Waals surface area contributed by atoms with Gasteiger partial charge in [-0.15, -0.1) is 11.3 Å². The molecule has 0 amide bonds. The first kappa shape index (κ1) is 6.80. The molecule has 0 radical (unpaired) electrons. The molecule has 1 aromatic heterocycles. The minimum absolute atomic E-state index is 0.119. The summed E-state index contributed by atoms with van der Waals surface area (Å²) in [6, 6.07) is 5.19. The molecule has 2 heteroatoms. The van der Waals surface area contributed by atoms with Gasteiger partial charge in [0.05, 0.1) is 0 Å². The summed E-state index contributed by atoms with van der Waals surface area (Å²) in [6.45, 7) is 2.01. The number of fused-ring (bicyclic) bond motifs is 1. The maximum absolute atomic E-state index is 13.0. The maximum Gasteiger partial charge on any atom is 0.131 e. The van der Waals surface area contributed by atoms with E-state index in [2.05, 4.69) is 0 Å². The van der Waals surface area contributed by atoms with Crippen LogP contribution in [0.2, 0.25) is 0 Å². The summed E-state index contributed by atoms with van der Waals surface area (Å²) in [5.41, 5.74) is 0. The number of thiophene rings is 1. The Bertz CT molecular complexity index is 389. The molecule has 0 unspecified atom stereocenters. The van der Waals surface area contributed by atoms with Crippen molar-refractivity contribution in [2.75, 3.05) is 0 Å². The number of halogens is 1. The lowest BCUT2D eigenvalue weighted by Gasteiger charge is -1.90. The first-order valence-electron chi connectivity index (χ1n) is 3.41. The summed E-state index contributed by atoms with van der Waals surface area (Å²) in [4.78, 5) is 1.18. The Morgan fingerprint density at radius 1 is 1.27 bits per heavy atom.